The molecule has 194 valence electrons. The van der Waals surface area contributed by atoms with E-state index in [0.29, 0.717) is 30.5 Å². The molecule has 2 unspecified atom stereocenters. The van der Waals surface area contributed by atoms with Crippen molar-refractivity contribution in [3.05, 3.63) is 64.8 Å². The van der Waals surface area contributed by atoms with Crippen molar-refractivity contribution in [1.82, 2.24) is 15.3 Å². The lowest BCUT2D eigenvalue weighted by Crippen LogP contribution is -2.47. The van der Waals surface area contributed by atoms with Gasteiger partial charge in [0, 0.05) is 67.3 Å². The van der Waals surface area contributed by atoms with Crippen molar-refractivity contribution in [2.75, 3.05) is 66.8 Å². The zero-order valence-corrected chi connectivity index (χ0v) is 22.2. The fourth-order valence-corrected chi connectivity index (χ4v) is 6.62. The Balaban J connectivity index is 1.23. The minimum absolute atomic E-state index is 0.273. The van der Waals surface area contributed by atoms with E-state index < -0.39 is 10.8 Å². The van der Waals surface area contributed by atoms with E-state index >= 15 is 0 Å². The molecule has 0 amide bonds. The van der Waals surface area contributed by atoms with E-state index in [-0.39, 0.29) is 6.04 Å². The molecular formula is C27H31ClN6O2S. The number of aromatic nitrogens is 2. The molecule has 37 heavy (non-hydrogen) atoms. The first-order valence-electron chi connectivity index (χ1n) is 12.8. The third kappa shape index (κ3) is 5.45. The van der Waals surface area contributed by atoms with E-state index in [4.69, 9.17) is 26.3 Å². The fraction of sp³-hybridized carbons (Fsp3) is 0.407. The van der Waals surface area contributed by atoms with Crippen LogP contribution in [-0.2, 0) is 28.4 Å². The van der Waals surface area contributed by atoms with Gasteiger partial charge in [-0.25, -0.2) is 4.98 Å². The Morgan fingerprint density at radius 2 is 1.84 bits per heavy atom. The van der Waals surface area contributed by atoms with Crippen molar-refractivity contribution in [1.29, 1.82) is 0 Å². The third-order valence-electron chi connectivity index (χ3n) is 7.17. The largest absolute Gasteiger partial charge is 0.379 e. The van der Waals surface area contributed by atoms with Crippen molar-refractivity contribution < 1.29 is 8.95 Å². The van der Waals surface area contributed by atoms with Crippen LogP contribution in [0.4, 0.5) is 23.1 Å². The second kappa shape index (κ2) is 10.9. The van der Waals surface area contributed by atoms with Gasteiger partial charge < -0.3 is 25.2 Å². The number of para-hydroxylation sites is 1. The van der Waals surface area contributed by atoms with Crippen LogP contribution in [0, 0.1) is 0 Å². The second-order valence-electron chi connectivity index (χ2n) is 9.61. The minimum Gasteiger partial charge on any atom is -0.379 e. The SMILES string of the molecule is O=S1CCc2nc(N3CCN(c4ccc(Cl)cc4)CC3)nc(Nc3ccccc3CC3COCCN3)c21. The number of piperazine rings is 1. The Labute approximate surface area is 224 Å². The molecule has 2 aromatic carbocycles. The van der Waals surface area contributed by atoms with E-state index in [1.807, 2.05) is 18.2 Å². The van der Waals surface area contributed by atoms with Crippen LogP contribution in [-0.4, -0.2) is 71.9 Å². The van der Waals surface area contributed by atoms with Crippen molar-refractivity contribution >= 4 is 45.5 Å². The Bertz CT molecular complexity index is 1280. The average Bonchev–Trinajstić information content (AvgIpc) is 3.32. The lowest BCUT2D eigenvalue weighted by molar-refractivity contribution is 0.0770. The van der Waals surface area contributed by atoms with Gasteiger partial charge in [0.15, 0.2) is 5.82 Å². The molecule has 10 heteroatoms. The molecule has 3 aliphatic heterocycles. The molecule has 1 aromatic heterocycles. The number of aryl methyl sites for hydroxylation is 1. The van der Waals surface area contributed by atoms with Crippen molar-refractivity contribution in [2.45, 2.75) is 23.8 Å². The van der Waals surface area contributed by atoms with Crippen molar-refractivity contribution in [3.63, 3.8) is 0 Å². The zero-order valence-electron chi connectivity index (χ0n) is 20.7. The van der Waals surface area contributed by atoms with Crippen LogP contribution in [0.25, 0.3) is 0 Å². The van der Waals surface area contributed by atoms with Gasteiger partial charge in [-0.05, 0) is 42.3 Å². The molecule has 0 saturated carbocycles. The summed E-state index contributed by atoms with van der Waals surface area (Å²) >= 11 is 6.06. The predicted octanol–water partition coefficient (Wildman–Crippen LogP) is 3.39. The third-order valence-corrected chi connectivity index (χ3v) is 8.88. The molecule has 3 aliphatic rings. The van der Waals surface area contributed by atoms with Crippen LogP contribution in [0.2, 0.25) is 5.02 Å². The van der Waals surface area contributed by atoms with Gasteiger partial charge in [-0.15, -0.1) is 0 Å². The minimum atomic E-state index is -1.10. The lowest BCUT2D eigenvalue weighted by atomic mass is 10.0. The first-order valence-corrected chi connectivity index (χ1v) is 14.5. The van der Waals surface area contributed by atoms with Gasteiger partial charge in [-0.1, -0.05) is 29.8 Å². The maximum absolute atomic E-state index is 12.9. The Morgan fingerprint density at radius 3 is 2.62 bits per heavy atom. The standard InChI is InChI=1S/C27H31ClN6O2S/c28-20-5-7-22(8-6-20)33-11-13-34(14-12-33)27-31-24-9-16-37(35)25(24)26(32-27)30-23-4-2-1-3-19(23)17-21-18-36-15-10-29-21/h1-8,21,29H,9-18H2,(H,30,31,32). The number of ether oxygens (including phenoxy) is 1. The molecule has 2 saturated heterocycles. The predicted molar refractivity (Wildman–Crippen MR) is 149 cm³/mol. The number of hydrogen-bond donors (Lipinski definition) is 2. The molecule has 2 N–H and O–H groups in total. The number of halogens is 1. The average molecular weight is 539 g/mol. The van der Waals surface area contributed by atoms with Gasteiger partial charge in [-0.3, -0.25) is 4.21 Å². The highest BCUT2D eigenvalue weighted by Gasteiger charge is 2.29. The number of morpholine rings is 1. The highest BCUT2D eigenvalue weighted by molar-refractivity contribution is 7.85. The van der Waals surface area contributed by atoms with E-state index in [0.717, 1.165) is 67.1 Å². The number of hydrogen-bond acceptors (Lipinski definition) is 8. The summed E-state index contributed by atoms with van der Waals surface area (Å²) in [6.45, 7) is 5.70. The maximum atomic E-state index is 12.9. The van der Waals surface area contributed by atoms with Gasteiger partial charge >= 0.3 is 0 Å². The normalized spacial score (nSPS) is 21.6. The zero-order chi connectivity index (χ0) is 25.2. The van der Waals surface area contributed by atoms with Crippen LogP contribution in [0.3, 0.4) is 0 Å². The summed E-state index contributed by atoms with van der Waals surface area (Å²) in [7, 11) is -1.10. The maximum Gasteiger partial charge on any atom is 0.227 e. The molecule has 6 rings (SSSR count). The van der Waals surface area contributed by atoms with Crippen molar-refractivity contribution in [2.24, 2.45) is 0 Å². The van der Waals surface area contributed by atoms with Gasteiger partial charge in [0.25, 0.3) is 0 Å². The summed E-state index contributed by atoms with van der Waals surface area (Å²) in [4.78, 5) is 15.2. The van der Waals surface area contributed by atoms with Crippen LogP contribution < -0.4 is 20.4 Å². The molecule has 8 nitrogen and oxygen atoms in total. The van der Waals surface area contributed by atoms with Crippen LogP contribution >= 0.6 is 11.6 Å². The summed E-state index contributed by atoms with van der Waals surface area (Å²) in [5, 5.41) is 7.83. The van der Waals surface area contributed by atoms with E-state index in [9.17, 15) is 4.21 Å². The summed E-state index contributed by atoms with van der Waals surface area (Å²) in [5.74, 6) is 1.96. The highest BCUT2D eigenvalue weighted by atomic mass is 35.5. The first kappa shape index (κ1) is 24.6. The van der Waals surface area contributed by atoms with Crippen LogP contribution in [0.5, 0.6) is 0 Å². The molecule has 0 bridgehead atoms. The number of anilines is 4. The Kier molecular flexibility index (Phi) is 7.28. The molecule has 2 fully saturated rings. The van der Waals surface area contributed by atoms with Crippen LogP contribution in [0.15, 0.2) is 53.4 Å². The summed E-state index contributed by atoms with van der Waals surface area (Å²) in [5.41, 5.74) is 4.23. The van der Waals surface area contributed by atoms with E-state index in [2.05, 4.69) is 50.8 Å². The fourth-order valence-electron chi connectivity index (χ4n) is 5.19. The van der Waals surface area contributed by atoms with Gasteiger partial charge in [0.1, 0.15) is 4.90 Å². The topological polar surface area (TPSA) is 82.6 Å². The monoisotopic (exact) mass is 538 g/mol. The molecular weight excluding hydrogens is 508 g/mol. The van der Waals surface area contributed by atoms with E-state index in [1.54, 1.807) is 0 Å². The summed E-state index contributed by atoms with van der Waals surface area (Å²) < 4.78 is 18.6. The molecule has 0 aliphatic carbocycles. The first-order chi connectivity index (χ1) is 18.1. The number of rotatable bonds is 6. The van der Waals surface area contributed by atoms with Crippen LogP contribution in [0.1, 0.15) is 11.3 Å². The van der Waals surface area contributed by atoms with Gasteiger partial charge in [0.05, 0.1) is 29.7 Å². The number of nitrogens with one attached hydrogen (secondary N) is 2. The number of benzene rings is 2. The molecule has 2 atom stereocenters. The molecule has 0 spiro atoms. The summed E-state index contributed by atoms with van der Waals surface area (Å²) in [6.07, 6.45) is 1.56. The lowest BCUT2D eigenvalue weighted by Gasteiger charge is -2.36. The smallest absolute Gasteiger partial charge is 0.227 e. The Morgan fingerprint density at radius 1 is 1.05 bits per heavy atom. The highest BCUT2D eigenvalue weighted by Crippen LogP contribution is 2.33. The van der Waals surface area contributed by atoms with Gasteiger partial charge in [-0.2, -0.15) is 4.98 Å². The number of fused-ring (bicyclic) bond motifs is 1. The van der Waals surface area contributed by atoms with Gasteiger partial charge in [0.2, 0.25) is 5.95 Å². The Hall–Kier alpha value is -2.72. The van der Waals surface area contributed by atoms with Crippen molar-refractivity contribution in [3.8, 4) is 0 Å². The quantitative estimate of drug-likeness (QED) is 0.494. The second-order valence-corrected chi connectivity index (χ2v) is 11.6. The number of nitrogens with zero attached hydrogens (tertiary/aromatic N) is 4. The molecule has 3 aromatic rings. The molecule has 0 radical (unpaired) electrons. The molecule has 4 heterocycles. The van der Waals surface area contributed by atoms with E-state index in [1.165, 1.54) is 11.3 Å². The summed E-state index contributed by atoms with van der Waals surface area (Å²) in [6, 6.07) is 16.5.